The number of hydrogen-bond acceptors (Lipinski definition) is 0. The Labute approximate surface area is 132 Å². The monoisotopic (exact) mass is 292 g/mol. The molecule has 0 radical (unpaired) electrons. The normalized spacial score (nSPS) is 9.52. The number of halogens is 1. The summed E-state index contributed by atoms with van der Waals surface area (Å²) >= 11 is 0. The van der Waals surface area contributed by atoms with Gasteiger partial charge in [0.05, 0.1) is 0 Å². The van der Waals surface area contributed by atoms with Crippen LogP contribution >= 0.6 is 12.4 Å². The summed E-state index contributed by atoms with van der Waals surface area (Å²) in [6.07, 6.45) is 2.24. The second-order valence-corrected chi connectivity index (χ2v) is 4.70. The van der Waals surface area contributed by atoms with E-state index in [0.717, 1.165) is 0 Å². The number of benzene rings is 3. The molecular formula is C20H17Cl. The lowest BCUT2D eigenvalue weighted by Crippen LogP contribution is -1.87. The molecule has 0 saturated heterocycles. The minimum atomic E-state index is 0. The molecule has 0 amide bonds. The topological polar surface area (TPSA) is 0 Å². The fraction of sp³-hybridized carbons (Fsp3) is 0. The molecule has 0 unspecified atom stereocenters. The average molecular weight is 293 g/mol. The van der Waals surface area contributed by atoms with Crippen molar-refractivity contribution in [3.05, 3.63) is 108 Å². The quantitative estimate of drug-likeness (QED) is 0.543. The zero-order valence-electron chi connectivity index (χ0n) is 11.6. The molecule has 0 saturated carbocycles. The third kappa shape index (κ3) is 3.84. The highest BCUT2D eigenvalue weighted by atomic mass is 35.5. The maximum Gasteiger partial charge on any atom is -0.0105 e. The van der Waals surface area contributed by atoms with Crippen LogP contribution in [0, 0.1) is 0 Å². The van der Waals surface area contributed by atoms with E-state index in [9.17, 15) is 0 Å². The zero-order valence-corrected chi connectivity index (χ0v) is 12.5. The highest BCUT2D eigenvalue weighted by Gasteiger charge is 2.04. The van der Waals surface area contributed by atoms with E-state index in [1.807, 2.05) is 6.07 Å². The lowest BCUT2D eigenvalue weighted by molar-refractivity contribution is 1.55. The summed E-state index contributed by atoms with van der Waals surface area (Å²) in [7, 11) is 0. The molecule has 3 aromatic carbocycles. The molecule has 0 aromatic heterocycles. The molecule has 0 N–H and O–H groups in total. The van der Waals surface area contributed by atoms with Crippen molar-refractivity contribution in [1.29, 1.82) is 0 Å². The molecule has 0 aliphatic carbocycles. The molecule has 0 bridgehead atoms. The Bertz CT molecular complexity index is 644. The Morgan fingerprint density at radius 1 is 0.524 bits per heavy atom. The van der Waals surface area contributed by atoms with Crippen molar-refractivity contribution in [1.82, 2.24) is 0 Å². The van der Waals surface area contributed by atoms with Gasteiger partial charge >= 0.3 is 0 Å². The van der Waals surface area contributed by atoms with Crippen LogP contribution < -0.4 is 0 Å². The van der Waals surface area contributed by atoms with Crippen molar-refractivity contribution in [2.45, 2.75) is 0 Å². The smallest absolute Gasteiger partial charge is 0.0105 e. The first-order valence-electron chi connectivity index (χ1n) is 6.81. The molecule has 104 valence electrons. The summed E-state index contributed by atoms with van der Waals surface area (Å²) in [5.74, 6) is 0. The first-order chi connectivity index (χ1) is 9.93. The Balaban J connectivity index is 0.00000161. The highest BCUT2D eigenvalue weighted by Crippen LogP contribution is 2.25. The van der Waals surface area contributed by atoms with E-state index in [1.54, 1.807) is 0 Å². The Kier molecular flexibility index (Phi) is 5.36. The van der Waals surface area contributed by atoms with Gasteiger partial charge in [0.25, 0.3) is 0 Å². The highest BCUT2D eigenvalue weighted by molar-refractivity contribution is 5.91. The van der Waals surface area contributed by atoms with E-state index >= 15 is 0 Å². The van der Waals surface area contributed by atoms with Crippen molar-refractivity contribution < 1.29 is 0 Å². The van der Waals surface area contributed by atoms with Crippen LogP contribution in [0.4, 0.5) is 0 Å². The van der Waals surface area contributed by atoms with Crippen molar-refractivity contribution in [3.63, 3.8) is 0 Å². The summed E-state index contributed by atoms with van der Waals surface area (Å²) in [5.41, 5.74) is 4.94. The SMILES string of the molecule is C(=C(c1ccccc1)c1ccccc1)c1ccccc1.Cl. The summed E-state index contributed by atoms with van der Waals surface area (Å²) in [6, 6.07) is 31.5. The number of hydrogen-bond donors (Lipinski definition) is 0. The van der Waals surface area contributed by atoms with Crippen molar-refractivity contribution in [3.8, 4) is 0 Å². The Morgan fingerprint density at radius 3 is 1.33 bits per heavy atom. The first kappa shape index (κ1) is 15.1. The predicted molar refractivity (Wildman–Crippen MR) is 93.5 cm³/mol. The van der Waals surface area contributed by atoms with Crippen molar-refractivity contribution >= 4 is 24.1 Å². The van der Waals surface area contributed by atoms with E-state index < -0.39 is 0 Å². The van der Waals surface area contributed by atoms with Crippen molar-refractivity contribution in [2.75, 3.05) is 0 Å². The molecule has 3 aromatic rings. The van der Waals surface area contributed by atoms with Gasteiger partial charge in [-0.15, -0.1) is 12.4 Å². The lowest BCUT2D eigenvalue weighted by Gasteiger charge is -2.08. The predicted octanol–water partition coefficient (Wildman–Crippen LogP) is 5.70. The minimum absolute atomic E-state index is 0. The maximum atomic E-state index is 2.24. The van der Waals surface area contributed by atoms with Gasteiger partial charge in [-0.2, -0.15) is 0 Å². The van der Waals surface area contributed by atoms with E-state index in [1.165, 1.54) is 22.3 Å². The first-order valence-corrected chi connectivity index (χ1v) is 6.81. The summed E-state index contributed by atoms with van der Waals surface area (Å²) in [4.78, 5) is 0. The zero-order chi connectivity index (χ0) is 13.6. The number of rotatable bonds is 3. The Morgan fingerprint density at radius 2 is 0.905 bits per heavy atom. The molecule has 1 heteroatoms. The van der Waals surface area contributed by atoms with Gasteiger partial charge in [0.15, 0.2) is 0 Å². The molecule has 0 aliphatic heterocycles. The van der Waals surface area contributed by atoms with E-state index in [2.05, 4.69) is 91.0 Å². The van der Waals surface area contributed by atoms with Crippen LogP contribution in [0.25, 0.3) is 11.6 Å². The summed E-state index contributed by atoms with van der Waals surface area (Å²) in [5, 5.41) is 0. The average Bonchev–Trinajstić information content (AvgIpc) is 2.55. The van der Waals surface area contributed by atoms with Crippen LogP contribution in [-0.2, 0) is 0 Å². The van der Waals surface area contributed by atoms with Gasteiger partial charge in [-0.3, -0.25) is 0 Å². The fourth-order valence-corrected chi connectivity index (χ4v) is 2.28. The lowest BCUT2D eigenvalue weighted by atomic mass is 9.96. The minimum Gasteiger partial charge on any atom is -0.147 e. The summed E-state index contributed by atoms with van der Waals surface area (Å²) < 4.78 is 0. The van der Waals surface area contributed by atoms with Crippen LogP contribution in [0.1, 0.15) is 16.7 Å². The second kappa shape index (κ2) is 7.47. The molecule has 0 aliphatic rings. The van der Waals surface area contributed by atoms with Crippen molar-refractivity contribution in [2.24, 2.45) is 0 Å². The van der Waals surface area contributed by atoms with Crippen LogP contribution in [-0.4, -0.2) is 0 Å². The fourth-order valence-electron chi connectivity index (χ4n) is 2.28. The largest absolute Gasteiger partial charge is 0.147 e. The van der Waals surface area contributed by atoms with Gasteiger partial charge in [0.1, 0.15) is 0 Å². The summed E-state index contributed by atoms with van der Waals surface area (Å²) in [6.45, 7) is 0. The van der Waals surface area contributed by atoms with Gasteiger partial charge in [0.2, 0.25) is 0 Å². The van der Waals surface area contributed by atoms with Crippen LogP contribution in [0.5, 0.6) is 0 Å². The molecule has 3 rings (SSSR count). The molecule has 0 spiro atoms. The van der Waals surface area contributed by atoms with E-state index in [4.69, 9.17) is 0 Å². The van der Waals surface area contributed by atoms with E-state index in [0.29, 0.717) is 0 Å². The molecule has 0 nitrogen and oxygen atoms in total. The maximum absolute atomic E-state index is 2.24. The van der Waals surface area contributed by atoms with Crippen LogP contribution in [0.3, 0.4) is 0 Å². The van der Waals surface area contributed by atoms with E-state index in [-0.39, 0.29) is 12.4 Å². The van der Waals surface area contributed by atoms with Gasteiger partial charge in [0, 0.05) is 0 Å². The third-order valence-electron chi connectivity index (χ3n) is 3.28. The molecule has 0 heterocycles. The third-order valence-corrected chi connectivity index (χ3v) is 3.28. The van der Waals surface area contributed by atoms with Gasteiger partial charge in [-0.05, 0) is 28.3 Å². The molecule has 0 fully saturated rings. The molecule has 21 heavy (non-hydrogen) atoms. The van der Waals surface area contributed by atoms with Gasteiger partial charge in [-0.1, -0.05) is 91.0 Å². The molecular weight excluding hydrogens is 276 g/mol. The van der Waals surface area contributed by atoms with Gasteiger partial charge in [-0.25, -0.2) is 0 Å². The van der Waals surface area contributed by atoms with Crippen LogP contribution in [0.15, 0.2) is 91.0 Å². The van der Waals surface area contributed by atoms with Gasteiger partial charge < -0.3 is 0 Å². The van der Waals surface area contributed by atoms with Crippen LogP contribution in [0.2, 0.25) is 0 Å². The Hall–Kier alpha value is -2.31. The standard InChI is InChI=1S/C20H16.ClH/c1-4-10-17(11-5-1)16-20(18-12-6-2-7-13-18)19-14-8-3-9-15-19;/h1-16H;1H. The second-order valence-electron chi connectivity index (χ2n) is 4.70. The molecule has 0 atom stereocenters.